The van der Waals surface area contributed by atoms with E-state index in [4.69, 9.17) is 10.3 Å². The molecular formula is C16H12BrFN2O. The number of rotatable bonds is 2. The molecule has 2 aromatic carbocycles. The van der Waals surface area contributed by atoms with Gasteiger partial charge in [-0.2, -0.15) is 0 Å². The van der Waals surface area contributed by atoms with Crippen LogP contribution in [0.2, 0.25) is 0 Å². The lowest BCUT2D eigenvalue weighted by molar-refractivity contribution is 0.439. The van der Waals surface area contributed by atoms with Crippen LogP contribution in [-0.4, -0.2) is 5.16 Å². The number of nitrogens with two attached hydrogens (primary N) is 1. The summed E-state index contributed by atoms with van der Waals surface area (Å²) >= 11 is 3.56. The van der Waals surface area contributed by atoms with Gasteiger partial charge in [-0.3, -0.25) is 0 Å². The summed E-state index contributed by atoms with van der Waals surface area (Å²) in [5, 5.41) is 4.06. The van der Waals surface area contributed by atoms with Crippen LogP contribution in [0.3, 0.4) is 0 Å². The van der Waals surface area contributed by atoms with Crippen molar-refractivity contribution in [2.24, 2.45) is 0 Å². The molecule has 0 spiro atoms. The van der Waals surface area contributed by atoms with Crippen molar-refractivity contribution in [3.63, 3.8) is 0 Å². The van der Waals surface area contributed by atoms with E-state index in [9.17, 15) is 4.39 Å². The van der Waals surface area contributed by atoms with Crippen molar-refractivity contribution in [2.75, 3.05) is 5.73 Å². The molecule has 0 saturated heterocycles. The van der Waals surface area contributed by atoms with Crippen molar-refractivity contribution in [1.82, 2.24) is 5.16 Å². The number of benzene rings is 2. The fraction of sp³-hybridized carbons (Fsp3) is 0.0625. The van der Waals surface area contributed by atoms with Crippen molar-refractivity contribution in [3.8, 4) is 22.4 Å². The molecule has 3 aromatic rings. The Labute approximate surface area is 129 Å². The number of nitrogen functional groups attached to an aromatic ring is 1. The number of halogens is 2. The smallest absolute Gasteiger partial charge is 0.230 e. The quantitative estimate of drug-likeness (QED) is 0.724. The van der Waals surface area contributed by atoms with E-state index < -0.39 is 0 Å². The number of nitrogens with zero attached hydrogens (tertiary/aromatic N) is 1. The lowest BCUT2D eigenvalue weighted by Gasteiger charge is -2.07. The van der Waals surface area contributed by atoms with Gasteiger partial charge in [-0.15, -0.1) is 0 Å². The zero-order chi connectivity index (χ0) is 15.0. The highest BCUT2D eigenvalue weighted by Crippen LogP contribution is 2.39. The van der Waals surface area contributed by atoms with E-state index in [0.29, 0.717) is 11.3 Å². The predicted octanol–water partition coefficient (Wildman–Crippen LogP) is 4.80. The minimum absolute atomic E-state index is 0.213. The van der Waals surface area contributed by atoms with Crippen molar-refractivity contribution < 1.29 is 8.91 Å². The van der Waals surface area contributed by atoms with Crippen molar-refractivity contribution in [3.05, 3.63) is 58.3 Å². The van der Waals surface area contributed by atoms with Gasteiger partial charge in [0.1, 0.15) is 11.5 Å². The Morgan fingerprint density at radius 2 is 1.86 bits per heavy atom. The second-order valence-corrected chi connectivity index (χ2v) is 5.51. The lowest BCUT2D eigenvalue weighted by Crippen LogP contribution is -1.89. The van der Waals surface area contributed by atoms with Gasteiger partial charge in [0.15, 0.2) is 0 Å². The maximum Gasteiger partial charge on any atom is 0.230 e. The van der Waals surface area contributed by atoms with Gasteiger partial charge in [-0.1, -0.05) is 35.5 Å². The Kier molecular flexibility index (Phi) is 3.51. The Morgan fingerprint density at radius 1 is 1.14 bits per heavy atom. The van der Waals surface area contributed by atoms with Gasteiger partial charge in [0.05, 0.1) is 5.56 Å². The van der Waals surface area contributed by atoms with Crippen LogP contribution in [0, 0.1) is 12.7 Å². The minimum Gasteiger partial charge on any atom is -0.367 e. The highest BCUT2D eigenvalue weighted by atomic mass is 79.9. The van der Waals surface area contributed by atoms with Crippen LogP contribution in [0.5, 0.6) is 0 Å². The van der Waals surface area contributed by atoms with Crippen LogP contribution >= 0.6 is 15.9 Å². The highest BCUT2D eigenvalue weighted by Gasteiger charge is 2.19. The van der Waals surface area contributed by atoms with Crippen molar-refractivity contribution in [1.29, 1.82) is 0 Å². The van der Waals surface area contributed by atoms with Gasteiger partial charge in [-0.25, -0.2) is 4.39 Å². The summed E-state index contributed by atoms with van der Waals surface area (Å²) in [5.41, 5.74) is 9.93. The normalized spacial score (nSPS) is 10.8. The third-order valence-corrected chi connectivity index (χ3v) is 4.35. The molecule has 0 radical (unpaired) electrons. The molecule has 0 amide bonds. The van der Waals surface area contributed by atoms with E-state index in [-0.39, 0.29) is 11.7 Å². The van der Waals surface area contributed by atoms with E-state index >= 15 is 0 Å². The van der Waals surface area contributed by atoms with E-state index in [1.165, 1.54) is 12.1 Å². The van der Waals surface area contributed by atoms with Gasteiger partial charge in [0.2, 0.25) is 5.88 Å². The van der Waals surface area contributed by atoms with Crippen LogP contribution in [-0.2, 0) is 0 Å². The average Bonchev–Trinajstić information content (AvgIpc) is 2.85. The lowest BCUT2D eigenvalue weighted by atomic mass is 10.00. The molecule has 3 rings (SSSR count). The first-order chi connectivity index (χ1) is 10.1. The SMILES string of the molecule is Cc1cccc(-c2noc(N)c2-c2ccc(F)cc2)c1Br. The third kappa shape index (κ3) is 2.45. The second-order valence-electron chi connectivity index (χ2n) is 4.71. The van der Waals surface area contributed by atoms with Gasteiger partial charge in [-0.05, 0) is 46.1 Å². The summed E-state index contributed by atoms with van der Waals surface area (Å²) in [7, 11) is 0. The van der Waals surface area contributed by atoms with Crippen molar-refractivity contribution in [2.45, 2.75) is 6.92 Å². The molecule has 0 aliphatic heterocycles. The fourth-order valence-electron chi connectivity index (χ4n) is 2.21. The van der Waals surface area contributed by atoms with E-state index in [2.05, 4.69) is 21.1 Å². The number of hydrogen-bond acceptors (Lipinski definition) is 3. The fourth-order valence-corrected chi connectivity index (χ4v) is 2.66. The van der Waals surface area contributed by atoms with Gasteiger partial charge < -0.3 is 10.3 Å². The summed E-state index contributed by atoms with van der Waals surface area (Å²) in [5.74, 6) is -0.0860. The van der Waals surface area contributed by atoms with Crippen LogP contribution in [0.1, 0.15) is 5.56 Å². The minimum atomic E-state index is -0.299. The second kappa shape index (κ2) is 5.33. The Balaban J connectivity index is 2.22. The number of hydrogen-bond donors (Lipinski definition) is 1. The Bertz CT molecular complexity index is 797. The number of aryl methyl sites for hydroxylation is 1. The average molecular weight is 347 g/mol. The third-order valence-electron chi connectivity index (χ3n) is 3.30. The molecule has 1 aromatic heterocycles. The first-order valence-electron chi connectivity index (χ1n) is 6.34. The molecule has 1 heterocycles. The standard InChI is InChI=1S/C16H12BrFN2O/c1-9-3-2-4-12(14(9)17)15-13(16(19)21-20-15)10-5-7-11(18)8-6-10/h2-8H,19H2,1H3. The molecule has 106 valence electrons. The summed E-state index contributed by atoms with van der Waals surface area (Å²) in [6, 6.07) is 12.0. The largest absolute Gasteiger partial charge is 0.367 e. The zero-order valence-electron chi connectivity index (χ0n) is 11.2. The maximum absolute atomic E-state index is 13.1. The Hall–Kier alpha value is -2.14. The highest BCUT2D eigenvalue weighted by molar-refractivity contribution is 9.10. The van der Waals surface area contributed by atoms with Crippen LogP contribution in [0.4, 0.5) is 10.3 Å². The molecule has 0 unspecified atom stereocenters. The molecular weight excluding hydrogens is 335 g/mol. The van der Waals surface area contributed by atoms with E-state index in [0.717, 1.165) is 21.2 Å². The van der Waals surface area contributed by atoms with Crippen molar-refractivity contribution >= 4 is 21.8 Å². The van der Waals surface area contributed by atoms with Crippen LogP contribution in [0.25, 0.3) is 22.4 Å². The van der Waals surface area contributed by atoms with Crippen LogP contribution in [0.15, 0.2) is 51.5 Å². The summed E-state index contributed by atoms with van der Waals surface area (Å²) in [4.78, 5) is 0. The van der Waals surface area contributed by atoms with E-state index in [1.54, 1.807) is 12.1 Å². The number of anilines is 1. The molecule has 3 nitrogen and oxygen atoms in total. The molecule has 21 heavy (non-hydrogen) atoms. The topological polar surface area (TPSA) is 52.0 Å². The predicted molar refractivity (Wildman–Crippen MR) is 84.2 cm³/mol. The van der Waals surface area contributed by atoms with E-state index in [1.807, 2.05) is 25.1 Å². The van der Waals surface area contributed by atoms with Gasteiger partial charge in [0.25, 0.3) is 0 Å². The monoisotopic (exact) mass is 346 g/mol. The van der Waals surface area contributed by atoms with Gasteiger partial charge >= 0.3 is 0 Å². The van der Waals surface area contributed by atoms with Crippen LogP contribution < -0.4 is 5.73 Å². The Morgan fingerprint density at radius 3 is 2.57 bits per heavy atom. The first-order valence-corrected chi connectivity index (χ1v) is 7.14. The summed E-state index contributed by atoms with van der Waals surface area (Å²) in [6.07, 6.45) is 0. The first kappa shape index (κ1) is 13.8. The molecule has 0 saturated carbocycles. The van der Waals surface area contributed by atoms with Gasteiger partial charge in [0, 0.05) is 10.0 Å². The summed E-state index contributed by atoms with van der Waals surface area (Å²) in [6.45, 7) is 1.99. The molecule has 0 aliphatic rings. The molecule has 0 atom stereocenters. The molecule has 0 bridgehead atoms. The zero-order valence-corrected chi connectivity index (χ0v) is 12.8. The molecule has 5 heteroatoms. The molecule has 0 aliphatic carbocycles. The number of aromatic nitrogens is 1. The molecule has 2 N–H and O–H groups in total. The maximum atomic E-state index is 13.1. The summed E-state index contributed by atoms with van der Waals surface area (Å²) < 4.78 is 19.2. The molecule has 0 fully saturated rings.